The van der Waals surface area contributed by atoms with E-state index in [-0.39, 0.29) is 21.1 Å². The van der Waals surface area contributed by atoms with Crippen molar-refractivity contribution < 1.29 is 14.7 Å². The number of hydrogen-bond acceptors (Lipinski definition) is 6. The van der Waals surface area contributed by atoms with Crippen molar-refractivity contribution in [1.29, 1.82) is 0 Å². The quantitative estimate of drug-likeness (QED) is 0.781. The van der Waals surface area contributed by atoms with E-state index in [1.807, 2.05) is 11.8 Å². The van der Waals surface area contributed by atoms with E-state index in [4.69, 9.17) is 5.11 Å². The third-order valence-corrected chi connectivity index (χ3v) is 5.48. The average Bonchev–Trinajstić information content (AvgIpc) is 2.97. The Kier molecular flexibility index (Phi) is 3.63. The fraction of sp³-hybridized carbons (Fsp3) is 0.545. The number of thiazole rings is 1. The molecule has 2 N–H and O–H groups in total. The molecule has 1 aromatic rings. The summed E-state index contributed by atoms with van der Waals surface area (Å²) in [4.78, 5) is 26.5. The predicted octanol–water partition coefficient (Wildman–Crippen LogP) is 2.35. The number of aromatic carboxylic acids is 1. The molecule has 0 aliphatic heterocycles. The van der Waals surface area contributed by atoms with Gasteiger partial charge in [0.05, 0.1) is 0 Å². The topological polar surface area (TPSA) is 79.3 Å². The first-order valence-electron chi connectivity index (χ1n) is 5.51. The zero-order valence-electron chi connectivity index (χ0n) is 10.1. The highest BCUT2D eigenvalue weighted by atomic mass is 32.2. The number of Topliss-reactive ketones (excluding diaryl/α,β-unsaturated/α-hetero) is 1. The first-order valence-corrected chi connectivity index (χ1v) is 7.56. The molecule has 0 spiro atoms. The number of carbonyl (C=O) groups excluding carboxylic acids is 1. The van der Waals surface area contributed by atoms with Gasteiger partial charge in [0.2, 0.25) is 0 Å². The Morgan fingerprint density at radius 3 is 2.61 bits per heavy atom. The molecule has 0 saturated heterocycles. The smallest absolute Gasteiger partial charge is 0.356 e. The third kappa shape index (κ3) is 2.67. The minimum Gasteiger partial charge on any atom is -0.476 e. The van der Waals surface area contributed by atoms with Crippen LogP contribution in [0.2, 0.25) is 0 Å². The molecule has 5 nitrogen and oxygen atoms in total. The molecule has 0 aromatic carbocycles. The maximum absolute atomic E-state index is 11.3. The summed E-state index contributed by atoms with van der Waals surface area (Å²) in [5.41, 5.74) is -0.149. The Morgan fingerprint density at radius 1 is 1.56 bits per heavy atom. The number of rotatable bonds is 6. The first-order chi connectivity index (χ1) is 8.47. The minimum atomic E-state index is -1.16. The monoisotopic (exact) mass is 286 g/mol. The standard InChI is InChI=1S/C11H14N2O3S2/c1-6(14)8-7(9(15)16)13-10(18-8)12-5-11(17-2)3-4-11/h3-5H2,1-2H3,(H,12,13)(H,15,16). The number of carboxylic acids is 1. The molecule has 2 rings (SSSR count). The Labute approximate surface area is 113 Å². The first kappa shape index (κ1) is 13.4. The number of carboxylic acid groups (broad SMARTS) is 1. The van der Waals surface area contributed by atoms with E-state index in [9.17, 15) is 9.59 Å². The SMILES string of the molecule is CSC1(CNc2nc(C(=O)O)c(C(C)=O)s2)CC1. The van der Waals surface area contributed by atoms with Crippen molar-refractivity contribution >= 4 is 40.0 Å². The summed E-state index contributed by atoms with van der Waals surface area (Å²) in [7, 11) is 0. The van der Waals surface area contributed by atoms with Crippen LogP contribution in [0.1, 0.15) is 39.9 Å². The predicted molar refractivity (Wildman–Crippen MR) is 73.0 cm³/mol. The van der Waals surface area contributed by atoms with Crippen molar-refractivity contribution in [3.05, 3.63) is 10.6 Å². The van der Waals surface area contributed by atoms with Crippen LogP contribution in [0.5, 0.6) is 0 Å². The van der Waals surface area contributed by atoms with Crippen molar-refractivity contribution in [2.75, 3.05) is 18.1 Å². The molecule has 0 radical (unpaired) electrons. The Hall–Kier alpha value is -1.08. The lowest BCUT2D eigenvalue weighted by Gasteiger charge is -2.11. The molecule has 1 saturated carbocycles. The maximum Gasteiger partial charge on any atom is 0.356 e. The highest BCUT2D eigenvalue weighted by Crippen LogP contribution is 2.47. The minimum absolute atomic E-state index is 0.149. The molecule has 1 heterocycles. The van der Waals surface area contributed by atoms with E-state index in [2.05, 4.69) is 16.6 Å². The fourth-order valence-corrected chi connectivity index (χ4v) is 3.18. The second-order valence-corrected chi connectivity index (χ2v) is 6.57. The van der Waals surface area contributed by atoms with E-state index in [0.29, 0.717) is 5.13 Å². The van der Waals surface area contributed by atoms with Gasteiger partial charge in [-0.05, 0) is 19.1 Å². The summed E-state index contributed by atoms with van der Waals surface area (Å²) in [6.07, 6.45) is 4.40. The normalized spacial score (nSPS) is 16.3. The van der Waals surface area contributed by atoms with Gasteiger partial charge in [-0.25, -0.2) is 9.78 Å². The fourth-order valence-electron chi connectivity index (χ4n) is 1.61. The Balaban J connectivity index is 2.12. The number of ketones is 1. The van der Waals surface area contributed by atoms with Gasteiger partial charge in [0.15, 0.2) is 16.6 Å². The molecule has 1 aliphatic carbocycles. The number of carbonyl (C=O) groups is 2. The number of anilines is 1. The van der Waals surface area contributed by atoms with E-state index in [1.54, 1.807) is 0 Å². The summed E-state index contributed by atoms with van der Waals surface area (Å²) in [6.45, 7) is 2.12. The van der Waals surface area contributed by atoms with E-state index in [1.165, 1.54) is 6.92 Å². The van der Waals surface area contributed by atoms with Crippen LogP contribution in [-0.4, -0.2) is 39.4 Å². The largest absolute Gasteiger partial charge is 0.476 e. The Bertz CT molecular complexity index is 463. The summed E-state index contributed by atoms with van der Waals surface area (Å²) in [5, 5.41) is 12.6. The molecule has 0 amide bonds. The van der Waals surface area contributed by atoms with Gasteiger partial charge in [0.1, 0.15) is 4.88 Å². The molecule has 98 valence electrons. The van der Waals surface area contributed by atoms with E-state index < -0.39 is 5.97 Å². The number of nitrogens with one attached hydrogen (secondary N) is 1. The van der Waals surface area contributed by atoms with Gasteiger partial charge in [0.25, 0.3) is 0 Å². The van der Waals surface area contributed by atoms with Gasteiger partial charge < -0.3 is 10.4 Å². The molecule has 0 unspecified atom stereocenters. The summed E-state index contributed by atoms with van der Waals surface area (Å²) >= 11 is 2.93. The highest BCUT2D eigenvalue weighted by Gasteiger charge is 2.41. The van der Waals surface area contributed by atoms with Crippen LogP contribution in [0.4, 0.5) is 5.13 Å². The van der Waals surface area contributed by atoms with Crippen LogP contribution in [0, 0.1) is 0 Å². The van der Waals surface area contributed by atoms with Gasteiger partial charge in [-0.15, -0.1) is 0 Å². The molecule has 1 aliphatic rings. The lowest BCUT2D eigenvalue weighted by atomic mass is 10.3. The summed E-state index contributed by atoms with van der Waals surface area (Å²) in [5.74, 6) is -1.42. The second kappa shape index (κ2) is 4.89. The van der Waals surface area contributed by atoms with Crippen molar-refractivity contribution in [3.63, 3.8) is 0 Å². The van der Waals surface area contributed by atoms with Crippen molar-refractivity contribution in [2.45, 2.75) is 24.5 Å². The van der Waals surface area contributed by atoms with Crippen LogP contribution in [0.3, 0.4) is 0 Å². The second-order valence-electron chi connectivity index (χ2n) is 4.30. The molecule has 1 aromatic heterocycles. The number of hydrogen-bond donors (Lipinski definition) is 2. The lowest BCUT2D eigenvalue weighted by molar-refractivity contribution is 0.0687. The van der Waals surface area contributed by atoms with E-state index >= 15 is 0 Å². The van der Waals surface area contributed by atoms with Gasteiger partial charge >= 0.3 is 5.97 Å². The average molecular weight is 286 g/mol. The molecular formula is C11H14N2O3S2. The van der Waals surface area contributed by atoms with E-state index in [0.717, 1.165) is 30.7 Å². The third-order valence-electron chi connectivity index (χ3n) is 2.95. The molecule has 7 heteroatoms. The molecule has 0 atom stereocenters. The van der Waals surface area contributed by atoms with Crippen molar-refractivity contribution in [2.24, 2.45) is 0 Å². The zero-order chi connectivity index (χ0) is 13.3. The molecule has 18 heavy (non-hydrogen) atoms. The highest BCUT2D eigenvalue weighted by molar-refractivity contribution is 8.00. The molecular weight excluding hydrogens is 272 g/mol. The van der Waals surface area contributed by atoms with Gasteiger partial charge in [0, 0.05) is 18.2 Å². The lowest BCUT2D eigenvalue weighted by Crippen LogP contribution is -2.17. The van der Waals surface area contributed by atoms with Crippen LogP contribution in [-0.2, 0) is 0 Å². The van der Waals surface area contributed by atoms with Crippen molar-refractivity contribution in [1.82, 2.24) is 4.98 Å². The van der Waals surface area contributed by atoms with Crippen LogP contribution < -0.4 is 5.32 Å². The van der Waals surface area contributed by atoms with Crippen molar-refractivity contribution in [3.8, 4) is 0 Å². The van der Waals surface area contributed by atoms with Crippen LogP contribution >= 0.6 is 23.1 Å². The van der Waals surface area contributed by atoms with Gasteiger partial charge in [-0.1, -0.05) is 11.3 Å². The maximum atomic E-state index is 11.3. The number of thioether (sulfide) groups is 1. The summed E-state index contributed by atoms with van der Waals surface area (Å²) < 4.78 is 0.269. The van der Waals surface area contributed by atoms with Crippen LogP contribution in [0.25, 0.3) is 0 Å². The molecule has 0 bridgehead atoms. The molecule has 1 fully saturated rings. The number of aromatic nitrogens is 1. The van der Waals surface area contributed by atoms with Gasteiger partial charge in [-0.3, -0.25) is 4.79 Å². The van der Waals surface area contributed by atoms with Gasteiger partial charge in [-0.2, -0.15) is 11.8 Å². The Morgan fingerprint density at radius 2 is 2.22 bits per heavy atom. The number of nitrogens with zero attached hydrogens (tertiary/aromatic N) is 1. The van der Waals surface area contributed by atoms with Crippen LogP contribution in [0.15, 0.2) is 0 Å². The zero-order valence-corrected chi connectivity index (χ0v) is 11.8. The summed E-state index contributed by atoms with van der Waals surface area (Å²) in [6, 6.07) is 0.